The van der Waals surface area contributed by atoms with Crippen LogP contribution in [0.2, 0.25) is 0 Å². The summed E-state index contributed by atoms with van der Waals surface area (Å²) < 4.78 is 4.97. The third-order valence-corrected chi connectivity index (χ3v) is 5.50. The molecule has 0 spiro atoms. The minimum absolute atomic E-state index is 0.0541. The van der Waals surface area contributed by atoms with E-state index in [-0.39, 0.29) is 24.4 Å². The average molecular weight is 411 g/mol. The number of likely N-dealkylation sites (tertiary alicyclic amines) is 1. The van der Waals surface area contributed by atoms with Gasteiger partial charge in [-0.1, -0.05) is 23.4 Å². The summed E-state index contributed by atoms with van der Waals surface area (Å²) in [6.45, 7) is 2.84. The second kappa shape index (κ2) is 8.54. The maximum atomic E-state index is 12.4. The summed E-state index contributed by atoms with van der Waals surface area (Å²) in [5, 5.41) is 11.9. The highest BCUT2D eigenvalue weighted by molar-refractivity contribution is 7.14. The highest BCUT2D eigenvalue weighted by Crippen LogP contribution is 2.33. The van der Waals surface area contributed by atoms with Gasteiger partial charge in [-0.25, -0.2) is 4.98 Å². The minimum Gasteiger partial charge on any atom is -0.360 e. The molecule has 0 bridgehead atoms. The molecule has 29 heavy (non-hydrogen) atoms. The Kier molecular flexibility index (Phi) is 5.68. The van der Waals surface area contributed by atoms with Crippen molar-refractivity contribution in [3.05, 3.63) is 58.8 Å². The van der Waals surface area contributed by atoms with E-state index in [1.54, 1.807) is 25.1 Å². The smallest absolute Gasteiger partial charge is 0.257 e. The molecule has 0 unspecified atom stereocenters. The number of benzene rings is 1. The number of thiazole rings is 1. The summed E-state index contributed by atoms with van der Waals surface area (Å²) in [7, 11) is 0. The van der Waals surface area contributed by atoms with Gasteiger partial charge < -0.3 is 9.84 Å². The number of carbonyl (C=O) groups is 2. The molecule has 1 aromatic carbocycles. The van der Waals surface area contributed by atoms with Crippen LogP contribution in [0.4, 0.5) is 10.9 Å². The molecule has 1 aliphatic heterocycles. The first-order valence-electron chi connectivity index (χ1n) is 9.37. The minimum atomic E-state index is -0.183. The van der Waals surface area contributed by atoms with E-state index in [9.17, 15) is 9.59 Å². The number of anilines is 2. The van der Waals surface area contributed by atoms with Crippen molar-refractivity contribution >= 4 is 34.1 Å². The van der Waals surface area contributed by atoms with Gasteiger partial charge in [-0.3, -0.25) is 19.8 Å². The van der Waals surface area contributed by atoms with Crippen LogP contribution in [-0.2, 0) is 4.79 Å². The Balaban J connectivity index is 1.37. The molecule has 2 amide bonds. The monoisotopic (exact) mass is 411 g/mol. The van der Waals surface area contributed by atoms with Gasteiger partial charge in [-0.2, -0.15) is 0 Å². The quantitative estimate of drug-likeness (QED) is 0.644. The molecule has 2 aromatic heterocycles. The molecule has 4 rings (SSSR count). The fourth-order valence-electron chi connectivity index (χ4n) is 3.40. The van der Waals surface area contributed by atoms with Gasteiger partial charge in [-0.05, 0) is 38.4 Å². The van der Waals surface area contributed by atoms with Crippen LogP contribution in [0.15, 0.2) is 46.3 Å². The molecule has 150 valence electrons. The predicted molar refractivity (Wildman–Crippen MR) is 110 cm³/mol. The Bertz CT molecular complexity index is 1000. The van der Waals surface area contributed by atoms with E-state index in [0.717, 1.165) is 25.1 Å². The normalized spacial score (nSPS) is 16.7. The zero-order valence-electron chi connectivity index (χ0n) is 15.9. The van der Waals surface area contributed by atoms with E-state index >= 15 is 0 Å². The van der Waals surface area contributed by atoms with Gasteiger partial charge in [-0.15, -0.1) is 11.3 Å². The third-order valence-electron chi connectivity index (χ3n) is 4.73. The maximum absolute atomic E-state index is 12.4. The van der Waals surface area contributed by atoms with Crippen molar-refractivity contribution in [1.29, 1.82) is 0 Å². The maximum Gasteiger partial charge on any atom is 0.257 e. The number of carbonyl (C=O) groups excluding carboxylic acids is 2. The zero-order valence-corrected chi connectivity index (χ0v) is 16.7. The lowest BCUT2D eigenvalue weighted by Gasteiger charge is -2.22. The Morgan fingerprint density at radius 1 is 1.28 bits per heavy atom. The van der Waals surface area contributed by atoms with Gasteiger partial charge in [0.25, 0.3) is 5.91 Å². The van der Waals surface area contributed by atoms with Gasteiger partial charge in [0.05, 0.1) is 18.3 Å². The average Bonchev–Trinajstić information content (AvgIpc) is 3.44. The molecule has 0 saturated carbocycles. The molecule has 3 aromatic rings. The summed E-state index contributed by atoms with van der Waals surface area (Å²) >= 11 is 1.39. The number of nitrogens with zero attached hydrogens (tertiary/aromatic N) is 3. The Morgan fingerprint density at radius 2 is 2.10 bits per heavy atom. The summed E-state index contributed by atoms with van der Waals surface area (Å²) in [5.74, 6) is 0.741. The molecule has 1 fully saturated rings. The van der Waals surface area contributed by atoms with Crippen molar-refractivity contribution in [2.75, 3.05) is 23.7 Å². The van der Waals surface area contributed by atoms with E-state index in [1.807, 2.05) is 23.6 Å². The molecule has 0 aliphatic carbocycles. The van der Waals surface area contributed by atoms with E-state index in [0.29, 0.717) is 22.3 Å². The van der Waals surface area contributed by atoms with Gasteiger partial charge in [0, 0.05) is 17.0 Å². The number of aryl methyl sites for hydroxylation is 1. The Labute approximate surface area is 171 Å². The van der Waals surface area contributed by atoms with Crippen LogP contribution in [0.5, 0.6) is 0 Å². The summed E-state index contributed by atoms with van der Waals surface area (Å²) in [6.07, 6.45) is 1.91. The van der Waals surface area contributed by atoms with Gasteiger partial charge in [0.15, 0.2) is 10.9 Å². The third kappa shape index (κ3) is 4.69. The number of hydrogen-bond donors (Lipinski definition) is 2. The first-order chi connectivity index (χ1) is 14.1. The van der Waals surface area contributed by atoms with E-state index in [4.69, 9.17) is 4.52 Å². The molecule has 3 heterocycles. The van der Waals surface area contributed by atoms with E-state index in [1.165, 1.54) is 11.3 Å². The van der Waals surface area contributed by atoms with E-state index in [2.05, 4.69) is 25.7 Å². The summed E-state index contributed by atoms with van der Waals surface area (Å²) in [6, 6.07) is 10.8. The van der Waals surface area contributed by atoms with E-state index < -0.39 is 0 Å². The molecule has 8 nitrogen and oxygen atoms in total. The van der Waals surface area contributed by atoms with Crippen molar-refractivity contribution in [3.63, 3.8) is 0 Å². The lowest BCUT2D eigenvalue weighted by atomic mass is 10.2. The van der Waals surface area contributed by atoms with Gasteiger partial charge in [0.2, 0.25) is 5.91 Å². The lowest BCUT2D eigenvalue weighted by molar-refractivity contribution is -0.117. The SMILES string of the molecule is Cc1cc(NC(=O)CN2CCC[C@H]2c2csc(NC(=O)c3ccccc3)n2)no1. The zero-order chi connectivity index (χ0) is 20.2. The van der Waals surface area contributed by atoms with Crippen molar-refractivity contribution in [2.24, 2.45) is 0 Å². The molecular formula is C20H21N5O3S. The predicted octanol–water partition coefficient (Wildman–Crippen LogP) is 3.47. The molecular weight excluding hydrogens is 390 g/mol. The number of rotatable bonds is 6. The molecule has 1 atom stereocenters. The van der Waals surface area contributed by atoms with Crippen LogP contribution >= 0.6 is 11.3 Å². The standard InChI is InChI=1S/C20H21N5O3S/c1-13-10-17(24-28-13)22-18(26)11-25-9-5-8-16(25)15-12-29-20(21-15)23-19(27)14-6-3-2-4-7-14/h2-4,6-7,10,12,16H,5,8-9,11H2,1H3,(H,21,23,27)(H,22,24,26)/t16-/m0/s1. The Morgan fingerprint density at radius 3 is 2.86 bits per heavy atom. The molecule has 1 saturated heterocycles. The van der Waals surface area contributed by atoms with Crippen LogP contribution in [-0.4, -0.2) is 39.9 Å². The molecule has 0 radical (unpaired) electrons. The van der Waals surface area contributed by atoms with Crippen LogP contribution in [0.25, 0.3) is 0 Å². The van der Waals surface area contributed by atoms with Gasteiger partial charge >= 0.3 is 0 Å². The summed E-state index contributed by atoms with van der Waals surface area (Å²) in [4.78, 5) is 31.3. The van der Waals surface area contributed by atoms with Crippen molar-refractivity contribution in [3.8, 4) is 0 Å². The summed E-state index contributed by atoms with van der Waals surface area (Å²) in [5.41, 5.74) is 1.47. The number of hydrogen-bond acceptors (Lipinski definition) is 7. The first kappa shape index (κ1) is 19.3. The van der Waals surface area contributed by atoms with Crippen LogP contribution in [0.3, 0.4) is 0 Å². The van der Waals surface area contributed by atoms with Crippen LogP contribution in [0, 0.1) is 6.92 Å². The van der Waals surface area contributed by atoms with Crippen molar-refractivity contribution in [1.82, 2.24) is 15.0 Å². The molecule has 1 aliphatic rings. The molecule has 9 heteroatoms. The molecule has 2 N–H and O–H groups in total. The van der Waals surface area contributed by atoms with Crippen LogP contribution in [0.1, 0.15) is 40.7 Å². The van der Waals surface area contributed by atoms with Crippen LogP contribution < -0.4 is 10.6 Å². The topological polar surface area (TPSA) is 100 Å². The number of amides is 2. The number of nitrogens with one attached hydrogen (secondary N) is 2. The van der Waals surface area contributed by atoms with Crippen molar-refractivity contribution < 1.29 is 14.1 Å². The Hall–Kier alpha value is -3.04. The fraction of sp³-hybridized carbons (Fsp3) is 0.300. The van der Waals surface area contributed by atoms with Crippen molar-refractivity contribution in [2.45, 2.75) is 25.8 Å². The second-order valence-corrected chi connectivity index (χ2v) is 7.76. The number of aromatic nitrogens is 2. The highest BCUT2D eigenvalue weighted by Gasteiger charge is 2.29. The lowest BCUT2D eigenvalue weighted by Crippen LogP contribution is -2.33. The highest BCUT2D eigenvalue weighted by atomic mass is 32.1. The first-order valence-corrected chi connectivity index (χ1v) is 10.3. The largest absolute Gasteiger partial charge is 0.360 e. The fourth-order valence-corrected chi connectivity index (χ4v) is 4.15. The second-order valence-electron chi connectivity index (χ2n) is 6.90. The van der Waals surface area contributed by atoms with Gasteiger partial charge in [0.1, 0.15) is 5.76 Å².